The van der Waals surface area contributed by atoms with Gasteiger partial charge in [0.05, 0.1) is 12.6 Å². The van der Waals surface area contributed by atoms with E-state index >= 15 is 0 Å². The van der Waals surface area contributed by atoms with Crippen LogP contribution in [-0.2, 0) is 4.74 Å². The van der Waals surface area contributed by atoms with Crippen LogP contribution in [0.1, 0.15) is 46.0 Å². The van der Waals surface area contributed by atoms with Crippen molar-refractivity contribution in [1.29, 1.82) is 0 Å². The Kier molecular flexibility index (Phi) is 4.12. The molecule has 1 atom stereocenters. The van der Waals surface area contributed by atoms with Crippen molar-refractivity contribution in [1.82, 2.24) is 0 Å². The fraction of sp³-hybridized carbons (Fsp3) is 0.900. The molecule has 1 heterocycles. The second-order valence-corrected chi connectivity index (χ2v) is 3.42. The van der Waals surface area contributed by atoms with E-state index in [0.717, 1.165) is 18.9 Å². The Labute approximate surface area is 75.0 Å². The average Bonchev–Trinajstić information content (AvgIpc) is 2.16. The first-order valence-corrected chi connectivity index (χ1v) is 5.02. The van der Waals surface area contributed by atoms with Gasteiger partial charge in [0.2, 0.25) is 0 Å². The van der Waals surface area contributed by atoms with E-state index in [1.165, 1.54) is 25.7 Å². The molecule has 0 aromatic carbocycles. The summed E-state index contributed by atoms with van der Waals surface area (Å²) in [7, 11) is 0. The van der Waals surface area contributed by atoms with Gasteiger partial charge in [0, 0.05) is 6.42 Å². The van der Waals surface area contributed by atoms with Crippen LogP contribution in [0.25, 0.3) is 0 Å². The Morgan fingerprint density at radius 1 is 1.42 bits per heavy atom. The van der Waals surface area contributed by atoms with Gasteiger partial charge in [-0.1, -0.05) is 13.3 Å². The number of rotatable bonds is 1. The summed E-state index contributed by atoms with van der Waals surface area (Å²) >= 11 is 0. The maximum absolute atomic E-state index is 5.53. The molecular weight excluding hydrogens is 150 g/mol. The normalized spacial score (nSPS) is 30.5. The van der Waals surface area contributed by atoms with Gasteiger partial charge in [0.25, 0.3) is 0 Å². The lowest BCUT2D eigenvalue weighted by Crippen LogP contribution is -2.07. The SMILES string of the molecule is CC/C1=N/C(C)CCCCCO1. The molecule has 1 aliphatic rings. The highest BCUT2D eigenvalue weighted by molar-refractivity contribution is 5.75. The Hall–Kier alpha value is -0.530. The topological polar surface area (TPSA) is 21.6 Å². The third-order valence-corrected chi connectivity index (χ3v) is 2.20. The fourth-order valence-corrected chi connectivity index (χ4v) is 1.45. The highest BCUT2D eigenvalue weighted by Gasteiger charge is 2.05. The molecule has 0 fully saturated rings. The minimum atomic E-state index is 0.457. The Balaban J connectivity index is 2.49. The lowest BCUT2D eigenvalue weighted by Gasteiger charge is -2.07. The fourth-order valence-electron chi connectivity index (χ4n) is 1.45. The van der Waals surface area contributed by atoms with Crippen molar-refractivity contribution >= 4 is 5.90 Å². The van der Waals surface area contributed by atoms with Gasteiger partial charge in [0.1, 0.15) is 0 Å². The van der Waals surface area contributed by atoms with Crippen LogP contribution in [-0.4, -0.2) is 18.5 Å². The van der Waals surface area contributed by atoms with Crippen LogP contribution in [0.2, 0.25) is 0 Å². The predicted molar refractivity (Wildman–Crippen MR) is 51.6 cm³/mol. The number of nitrogens with zero attached hydrogens (tertiary/aromatic N) is 1. The molecule has 1 aliphatic heterocycles. The molecule has 70 valence electrons. The molecule has 2 nitrogen and oxygen atoms in total. The van der Waals surface area contributed by atoms with Crippen molar-refractivity contribution in [3.8, 4) is 0 Å². The maximum atomic E-state index is 5.53. The summed E-state index contributed by atoms with van der Waals surface area (Å²) in [6, 6.07) is 0.457. The van der Waals surface area contributed by atoms with E-state index < -0.39 is 0 Å². The van der Waals surface area contributed by atoms with Crippen LogP contribution >= 0.6 is 0 Å². The zero-order chi connectivity index (χ0) is 8.81. The Morgan fingerprint density at radius 2 is 2.25 bits per heavy atom. The molecule has 0 amide bonds. The van der Waals surface area contributed by atoms with Crippen LogP contribution < -0.4 is 0 Å². The van der Waals surface area contributed by atoms with Gasteiger partial charge >= 0.3 is 0 Å². The van der Waals surface area contributed by atoms with Gasteiger partial charge in [0.15, 0.2) is 5.90 Å². The first-order valence-electron chi connectivity index (χ1n) is 5.02. The molecular formula is C10H19NO. The highest BCUT2D eigenvalue weighted by Crippen LogP contribution is 2.10. The average molecular weight is 169 g/mol. The van der Waals surface area contributed by atoms with E-state index in [9.17, 15) is 0 Å². The second kappa shape index (κ2) is 5.18. The smallest absolute Gasteiger partial charge is 0.183 e. The van der Waals surface area contributed by atoms with Gasteiger partial charge in [-0.15, -0.1) is 0 Å². The van der Waals surface area contributed by atoms with Crippen molar-refractivity contribution in [2.45, 2.75) is 52.0 Å². The van der Waals surface area contributed by atoms with Crippen molar-refractivity contribution in [2.24, 2.45) is 4.99 Å². The quantitative estimate of drug-likeness (QED) is 0.591. The van der Waals surface area contributed by atoms with E-state index in [4.69, 9.17) is 4.74 Å². The molecule has 2 heteroatoms. The lowest BCUT2D eigenvalue weighted by atomic mass is 10.1. The predicted octanol–water partition coefficient (Wildman–Crippen LogP) is 2.77. The molecule has 0 aromatic heterocycles. The standard InChI is InChI=1S/C10H19NO/c1-3-10-11-9(2)7-5-4-6-8-12-10/h9H,3-8H2,1-2H3/b11-10-. The third-order valence-electron chi connectivity index (χ3n) is 2.20. The number of ether oxygens (including phenoxy) is 1. The van der Waals surface area contributed by atoms with Crippen molar-refractivity contribution in [3.05, 3.63) is 0 Å². The molecule has 0 N–H and O–H groups in total. The lowest BCUT2D eigenvalue weighted by molar-refractivity contribution is 0.287. The molecule has 1 unspecified atom stereocenters. The van der Waals surface area contributed by atoms with Crippen LogP contribution in [0.3, 0.4) is 0 Å². The maximum Gasteiger partial charge on any atom is 0.183 e. The summed E-state index contributed by atoms with van der Waals surface area (Å²) in [5.74, 6) is 0.949. The molecule has 12 heavy (non-hydrogen) atoms. The molecule has 0 saturated carbocycles. The van der Waals surface area contributed by atoms with Crippen LogP contribution in [0.4, 0.5) is 0 Å². The summed E-state index contributed by atoms with van der Waals surface area (Å²) in [5.41, 5.74) is 0. The van der Waals surface area contributed by atoms with Gasteiger partial charge in [-0.2, -0.15) is 0 Å². The van der Waals surface area contributed by atoms with Crippen LogP contribution in [0.5, 0.6) is 0 Å². The Bertz CT molecular complexity index is 154. The number of hydrogen-bond acceptors (Lipinski definition) is 2. The second-order valence-electron chi connectivity index (χ2n) is 3.42. The van der Waals surface area contributed by atoms with Crippen LogP contribution in [0.15, 0.2) is 4.99 Å². The molecule has 0 saturated heterocycles. The summed E-state index contributed by atoms with van der Waals surface area (Å²) < 4.78 is 5.53. The summed E-state index contributed by atoms with van der Waals surface area (Å²) in [6.45, 7) is 5.13. The van der Waals surface area contributed by atoms with E-state index in [2.05, 4.69) is 18.8 Å². The van der Waals surface area contributed by atoms with Gasteiger partial charge in [-0.05, 0) is 26.2 Å². The molecule has 0 spiro atoms. The zero-order valence-corrected chi connectivity index (χ0v) is 8.18. The minimum Gasteiger partial charge on any atom is -0.481 e. The summed E-state index contributed by atoms with van der Waals surface area (Å²) in [6.07, 6.45) is 5.92. The van der Waals surface area contributed by atoms with Crippen molar-refractivity contribution in [2.75, 3.05) is 6.61 Å². The van der Waals surface area contributed by atoms with E-state index in [1.807, 2.05) is 0 Å². The van der Waals surface area contributed by atoms with E-state index in [0.29, 0.717) is 6.04 Å². The third kappa shape index (κ3) is 3.24. The van der Waals surface area contributed by atoms with Crippen molar-refractivity contribution in [3.63, 3.8) is 0 Å². The number of aliphatic imine (C=N–C) groups is 1. The van der Waals surface area contributed by atoms with Crippen molar-refractivity contribution < 1.29 is 4.74 Å². The van der Waals surface area contributed by atoms with E-state index in [-0.39, 0.29) is 0 Å². The van der Waals surface area contributed by atoms with Gasteiger partial charge in [-0.3, -0.25) is 4.99 Å². The largest absolute Gasteiger partial charge is 0.481 e. The first kappa shape index (κ1) is 9.56. The summed E-state index contributed by atoms with van der Waals surface area (Å²) in [4.78, 5) is 4.51. The molecule has 1 rings (SSSR count). The minimum absolute atomic E-state index is 0.457. The highest BCUT2D eigenvalue weighted by atomic mass is 16.5. The molecule has 0 aromatic rings. The molecule has 0 bridgehead atoms. The molecule has 0 radical (unpaired) electrons. The van der Waals surface area contributed by atoms with Gasteiger partial charge in [-0.25, -0.2) is 0 Å². The number of hydrogen-bond donors (Lipinski definition) is 0. The summed E-state index contributed by atoms with van der Waals surface area (Å²) in [5, 5.41) is 0. The monoisotopic (exact) mass is 169 g/mol. The molecule has 0 aliphatic carbocycles. The van der Waals surface area contributed by atoms with Gasteiger partial charge < -0.3 is 4.74 Å². The zero-order valence-electron chi connectivity index (χ0n) is 8.18. The first-order chi connectivity index (χ1) is 5.83. The van der Waals surface area contributed by atoms with E-state index in [1.54, 1.807) is 0 Å². The Morgan fingerprint density at radius 3 is 3.00 bits per heavy atom. The van der Waals surface area contributed by atoms with Crippen LogP contribution in [0, 0.1) is 0 Å².